The van der Waals surface area contributed by atoms with Gasteiger partial charge < -0.3 is 19.4 Å². The second-order valence-corrected chi connectivity index (χ2v) is 6.09. The van der Waals surface area contributed by atoms with E-state index in [1.165, 1.54) is 0 Å². The van der Waals surface area contributed by atoms with Crippen LogP contribution in [0.2, 0.25) is 0 Å². The largest absolute Gasteiger partial charge is 0.493 e. The molecule has 0 radical (unpaired) electrons. The van der Waals surface area contributed by atoms with Crippen molar-refractivity contribution in [3.05, 3.63) is 34.1 Å². The van der Waals surface area contributed by atoms with Crippen LogP contribution in [-0.4, -0.2) is 43.6 Å². The van der Waals surface area contributed by atoms with E-state index in [0.717, 1.165) is 24.8 Å². The molecule has 1 aromatic heterocycles. The lowest BCUT2D eigenvalue weighted by Gasteiger charge is -2.16. The van der Waals surface area contributed by atoms with Crippen LogP contribution in [0, 0.1) is 0 Å². The molecule has 0 aliphatic heterocycles. The van der Waals surface area contributed by atoms with Crippen molar-refractivity contribution >= 4 is 16.8 Å². The molecule has 0 unspecified atom stereocenters. The highest BCUT2D eigenvalue weighted by Crippen LogP contribution is 2.31. The van der Waals surface area contributed by atoms with Crippen LogP contribution in [0.5, 0.6) is 11.5 Å². The van der Waals surface area contributed by atoms with Crippen LogP contribution in [0.25, 0.3) is 10.9 Å². The minimum absolute atomic E-state index is 0.0558. The number of unbranched alkanes of at least 4 members (excludes halogenated alkanes) is 1. The van der Waals surface area contributed by atoms with Crippen molar-refractivity contribution in [1.29, 1.82) is 0 Å². The molecule has 1 amide bonds. The summed E-state index contributed by atoms with van der Waals surface area (Å²) in [5, 5.41) is 0.846. The number of fused-ring (bicyclic) bond motifs is 1. The molecule has 136 valence electrons. The lowest BCUT2D eigenvalue weighted by atomic mass is 10.1. The number of methoxy groups -OCH3 is 2. The molecule has 0 saturated heterocycles. The van der Waals surface area contributed by atoms with Crippen molar-refractivity contribution < 1.29 is 14.3 Å². The number of rotatable bonds is 8. The minimum atomic E-state index is -0.177. The maximum absolute atomic E-state index is 12.3. The van der Waals surface area contributed by atoms with Gasteiger partial charge in [-0.05, 0) is 25.0 Å². The van der Waals surface area contributed by atoms with Crippen molar-refractivity contribution in [2.75, 3.05) is 27.8 Å². The van der Waals surface area contributed by atoms with Crippen molar-refractivity contribution in [2.24, 2.45) is 0 Å². The molecular weight excluding hydrogens is 320 g/mol. The van der Waals surface area contributed by atoms with E-state index >= 15 is 0 Å². The van der Waals surface area contributed by atoms with E-state index in [4.69, 9.17) is 9.47 Å². The molecule has 0 atom stereocenters. The Morgan fingerprint density at radius 2 is 1.84 bits per heavy atom. The SMILES string of the molecule is CCCCN(C)C(=O)CCc1cc2cc(OC)c(OC)cc2[nH]c1=O. The van der Waals surface area contributed by atoms with Crippen molar-refractivity contribution in [2.45, 2.75) is 32.6 Å². The van der Waals surface area contributed by atoms with Gasteiger partial charge in [-0.1, -0.05) is 13.3 Å². The number of hydrogen-bond donors (Lipinski definition) is 1. The number of amides is 1. The van der Waals surface area contributed by atoms with Gasteiger partial charge in [-0.15, -0.1) is 0 Å². The number of H-pyrrole nitrogens is 1. The van der Waals surface area contributed by atoms with Gasteiger partial charge in [0.1, 0.15) is 0 Å². The molecule has 0 saturated carbocycles. The zero-order valence-corrected chi connectivity index (χ0v) is 15.3. The molecule has 0 spiro atoms. The number of pyridine rings is 1. The molecule has 6 heteroatoms. The predicted octanol–water partition coefficient (Wildman–Crippen LogP) is 2.74. The summed E-state index contributed by atoms with van der Waals surface area (Å²) in [4.78, 5) is 29.0. The minimum Gasteiger partial charge on any atom is -0.493 e. The van der Waals surface area contributed by atoms with Gasteiger partial charge in [0.2, 0.25) is 5.91 Å². The van der Waals surface area contributed by atoms with E-state index in [-0.39, 0.29) is 11.5 Å². The first kappa shape index (κ1) is 18.8. The molecule has 1 heterocycles. The summed E-state index contributed by atoms with van der Waals surface area (Å²) in [6.07, 6.45) is 2.77. The third-order valence-electron chi connectivity index (χ3n) is 4.31. The summed E-state index contributed by atoms with van der Waals surface area (Å²) in [6.45, 7) is 2.84. The van der Waals surface area contributed by atoms with Gasteiger partial charge in [0.25, 0.3) is 5.56 Å². The number of nitrogens with zero attached hydrogens (tertiary/aromatic N) is 1. The number of aryl methyl sites for hydroxylation is 1. The average Bonchev–Trinajstić information content (AvgIpc) is 2.62. The summed E-state index contributed by atoms with van der Waals surface area (Å²) in [7, 11) is 4.93. The maximum atomic E-state index is 12.3. The number of carbonyl (C=O) groups is 1. The highest BCUT2D eigenvalue weighted by molar-refractivity contribution is 5.83. The Bertz CT molecular complexity index is 798. The van der Waals surface area contributed by atoms with Gasteiger partial charge >= 0.3 is 0 Å². The Labute approximate surface area is 147 Å². The van der Waals surface area contributed by atoms with Crippen molar-refractivity contribution in [3.63, 3.8) is 0 Å². The lowest BCUT2D eigenvalue weighted by Crippen LogP contribution is -2.28. The predicted molar refractivity (Wildman–Crippen MR) is 98.5 cm³/mol. The Morgan fingerprint density at radius 1 is 1.16 bits per heavy atom. The highest BCUT2D eigenvalue weighted by Gasteiger charge is 2.12. The number of benzene rings is 1. The Morgan fingerprint density at radius 3 is 2.48 bits per heavy atom. The number of ether oxygens (including phenoxy) is 2. The van der Waals surface area contributed by atoms with Gasteiger partial charge in [-0.2, -0.15) is 0 Å². The van der Waals surface area contributed by atoms with E-state index in [9.17, 15) is 9.59 Å². The molecule has 6 nitrogen and oxygen atoms in total. The standard InChI is InChI=1S/C19H26N2O4/c1-5-6-9-21(2)18(22)8-7-13-10-14-11-16(24-3)17(25-4)12-15(14)20-19(13)23/h10-12H,5-9H2,1-4H3,(H,20,23). The van der Waals surface area contributed by atoms with Crippen LogP contribution in [0.1, 0.15) is 31.7 Å². The zero-order valence-electron chi connectivity index (χ0n) is 15.3. The number of aromatic nitrogens is 1. The summed E-state index contributed by atoms with van der Waals surface area (Å²) < 4.78 is 10.6. The maximum Gasteiger partial charge on any atom is 0.251 e. The molecular formula is C19H26N2O4. The van der Waals surface area contributed by atoms with E-state index in [1.807, 2.05) is 12.1 Å². The molecule has 0 aliphatic carbocycles. The average molecular weight is 346 g/mol. The molecule has 2 aromatic rings. The Kier molecular flexibility index (Phi) is 6.44. The number of aromatic amines is 1. The van der Waals surface area contributed by atoms with Gasteiger partial charge in [0.15, 0.2) is 11.5 Å². The van der Waals surface area contributed by atoms with Crippen LogP contribution in [0.15, 0.2) is 23.0 Å². The van der Waals surface area contributed by atoms with Gasteiger partial charge in [-0.3, -0.25) is 9.59 Å². The second-order valence-electron chi connectivity index (χ2n) is 6.09. The van der Waals surface area contributed by atoms with Gasteiger partial charge in [-0.25, -0.2) is 0 Å². The fourth-order valence-corrected chi connectivity index (χ4v) is 2.72. The van der Waals surface area contributed by atoms with Crippen LogP contribution in [-0.2, 0) is 11.2 Å². The highest BCUT2D eigenvalue weighted by atomic mass is 16.5. The monoisotopic (exact) mass is 346 g/mol. The van der Waals surface area contributed by atoms with Crippen molar-refractivity contribution in [1.82, 2.24) is 9.88 Å². The molecule has 2 rings (SSSR count). The van der Waals surface area contributed by atoms with E-state index in [2.05, 4.69) is 11.9 Å². The smallest absolute Gasteiger partial charge is 0.251 e. The third kappa shape index (κ3) is 4.53. The van der Waals surface area contributed by atoms with Gasteiger partial charge in [0, 0.05) is 37.0 Å². The molecule has 25 heavy (non-hydrogen) atoms. The van der Waals surface area contributed by atoms with E-state index < -0.39 is 0 Å². The normalized spacial score (nSPS) is 10.7. The van der Waals surface area contributed by atoms with E-state index in [1.54, 1.807) is 32.2 Å². The molecule has 1 aromatic carbocycles. The van der Waals surface area contributed by atoms with Crippen LogP contribution >= 0.6 is 0 Å². The van der Waals surface area contributed by atoms with Crippen LogP contribution in [0.3, 0.4) is 0 Å². The topological polar surface area (TPSA) is 71.6 Å². The number of carbonyl (C=O) groups excluding carboxylic acids is 1. The first-order valence-corrected chi connectivity index (χ1v) is 8.52. The Balaban J connectivity index is 2.20. The molecule has 0 fully saturated rings. The molecule has 0 bridgehead atoms. The van der Waals surface area contributed by atoms with Gasteiger partial charge in [0.05, 0.1) is 19.7 Å². The fourth-order valence-electron chi connectivity index (χ4n) is 2.72. The first-order chi connectivity index (χ1) is 12.0. The number of nitrogens with one attached hydrogen (secondary N) is 1. The van der Waals surface area contributed by atoms with Crippen LogP contribution < -0.4 is 15.0 Å². The summed E-state index contributed by atoms with van der Waals surface area (Å²) >= 11 is 0. The second kappa shape index (κ2) is 8.55. The van der Waals surface area contributed by atoms with Crippen LogP contribution in [0.4, 0.5) is 0 Å². The molecule has 1 N–H and O–H groups in total. The number of hydrogen-bond acceptors (Lipinski definition) is 4. The van der Waals surface area contributed by atoms with Crippen molar-refractivity contribution in [3.8, 4) is 11.5 Å². The van der Waals surface area contributed by atoms with E-state index in [0.29, 0.717) is 35.4 Å². The summed E-state index contributed by atoms with van der Waals surface area (Å²) in [5.41, 5.74) is 1.10. The molecule has 0 aliphatic rings. The summed E-state index contributed by atoms with van der Waals surface area (Å²) in [5.74, 6) is 1.22. The zero-order chi connectivity index (χ0) is 18.4. The third-order valence-corrected chi connectivity index (χ3v) is 4.31. The quantitative estimate of drug-likeness (QED) is 0.798. The first-order valence-electron chi connectivity index (χ1n) is 8.52. The Hall–Kier alpha value is -2.50. The summed E-state index contributed by atoms with van der Waals surface area (Å²) in [6, 6.07) is 5.38. The lowest BCUT2D eigenvalue weighted by molar-refractivity contribution is -0.129. The fraction of sp³-hybridized carbons (Fsp3) is 0.474.